The summed E-state index contributed by atoms with van der Waals surface area (Å²) in [5.74, 6) is 0. The van der Waals surface area contributed by atoms with Crippen LogP contribution >= 0.6 is 23.7 Å². The Morgan fingerprint density at radius 3 is 2.82 bits per heavy atom. The van der Waals surface area contributed by atoms with Crippen LogP contribution in [0.25, 0.3) is 0 Å². The largest absolute Gasteiger partial charge is 0.314 e. The molecule has 1 fully saturated rings. The fourth-order valence-electron chi connectivity index (χ4n) is 1.76. The van der Waals surface area contributed by atoms with Gasteiger partial charge in [0.05, 0.1) is 11.2 Å². The number of nitrogens with one attached hydrogen (secondary N) is 1. The van der Waals surface area contributed by atoms with Crippen molar-refractivity contribution in [3.05, 3.63) is 11.2 Å². The summed E-state index contributed by atoms with van der Waals surface area (Å²) in [6, 6.07) is 0.00107. The molecular weight excluding hydrogens is 282 g/mol. The number of thiazole rings is 1. The highest BCUT2D eigenvalue weighted by Gasteiger charge is 2.32. The zero-order valence-electron chi connectivity index (χ0n) is 9.71. The minimum atomic E-state index is -3.34. The number of rotatable bonds is 2. The van der Waals surface area contributed by atoms with E-state index in [1.54, 1.807) is 4.31 Å². The summed E-state index contributed by atoms with van der Waals surface area (Å²) in [6.07, 6.45) is 1.45. The fraction of sp³-hybridized carbons (Fsp3) is 0.667. The lowest BCUT2D eigenvalue weighted by molar-refractivity contribution is 0.284. The van der Waals surface area contributed by atoms with Crippen molar-refractivity contribution in [2.45, 2.75) is 24.1 Å². The molecule has 5 nitrogen and oxygen atoms in total. The molecule has 17 heavy (non-hydrogen) atoms. The van der Waals surface area contributed by atoms with Gasteiger partial charge in [0.1, 0.15) is 0 Å². The number of hydrogen-bond donors (Lipinski definition) is 1. The van der Waals surface area contributed by atoms with Gasteiger partial charge in [0.2, 0.25) is 0 Å². The maximum atomic E-state index is 12.3. The summed E-state index contributed by atoms with van der Waals surface area (Å²) >= 11 is 1.23. The standard InChI is InChI=1S/C9H15N3O2S2.ClH/c1-7-5-10-3-4-12(7)16(13,14)9-6-11-8(2)15-9;/h6-7,10H,3-5H2,1-2H3;1H/t7-;/m0./s1. The van der Waals surface area contributed by atoms with Gasteiger partial charge in [0, 0.05) is 25.7 Å². The van der Waals surface area contributed by atoms with Gasteiger partial charge in [-0.3, -0.25) is 0 Å². The van der Waals surface area contributed by atoms with E-state index >= 15 is 0 Å². The molecule has 1 aromatic rings. The normalized spacial score (nSPS) is 22.1. The van der Waals surface area contributed by atoms with Crippen molar-refractivity contribution in [3.8, 4) is 0 Å². The number of hydrogen-bond acceptors (Lipinski definition) is 5. The molecule has 0 saturated carbocycles. The maximum absolute atomic E-state index is 12.3. The van der Waals surface area contributed by atoms with Crippen LogP contribution in [0.4, 0.5) is 0 Å². The molecule has 0 spiro atoms. The average molecular weight is 298 g/mol. The number of nitrogens with zero attached hydrogens (tertiary/aromatic N) is 2. The van der Waals surface area contributed by atoms with Crippen LogP contribution in [0.15, 0.2) is 10.4 Å². The maximum Gasteiger partial charge on any atom is 0.254 e. The van der Waals surface area contributed by atoms with Crippen LogP contribution in [-0.2, 0) is 10.0 Å². The smallest absolute Gasteiger partial charge is 0.254 e. The van der Waals surface area contributed by atoms with Crippen molar-refractivity contribution in [1.29, 1.82) is 0 Å². The van der Waals surface area contributed by atoms with E-state index in [4.69, 9.17) is 0 Å². The van der Waals surface area contributed by atoms with Crippen LogP contribution in [0.2, 0.25) is 0 Å². The second kappa shape index (κ2) is 5.62. The van der Waals surface area contributed by atoms with Gasteiger partial charge >= 0.3 is 0 Å². The minimum absolute atomic E-state index is 0. The predicted octanol–water partition coefficient (Wildman–Crippen LogP) is 0.856. The lowest BCUT2D eigenvalue weighted by Gasteiger charge is -2.32. The van der Waals surface area contributed by atoms with Crippen molar-refractivity contribution >= 4 is 33.8 Å². The van der Waals surface area contributed by atoms with Gasteiger partial charge in [-0.05, 0) is 13.8 Å². The van der Waals surface area contributed by atoms with Crippen LogP contribution < -0.4 is 5.32 Å². The molecule has 1 N–H and O–H groups in total. The first-order valence-corrected chi connectivity index (χ1v) is 7.42. The second-order valence-electron chi connectivity index (χ2n) is 3.87. The van der Waals surface area contributed by atoms with E-state index in [1.165, 1.54) is 17.5 Å². The van der Waals surface area contributed by atoms with Crippen LogP contribution in [0.3, 0.4) is 0 Å². The van der Waals surface area contributed by atoms with Crippen LogP contribution in [0.1, 0.15) is 11.9 Å². The summed E-state index contributed by atoms with van der Waals surface area (Å²) in [4.78, 5) is 4.00. The Morgan fingerprint density at radius 1 is 1.59 bits per heavy atom. The van der Waals surface area contributed by atoms with Crippen molar-refractivity contribution in [2.24, 2.45) is 0 Å². The third-order valence-electron chi connectivity index (χ3n) is 2.60. The molecule has 2 heterocycles. The lowest BCUT2D eigenvalue weighted by Crippen LogP contribution is -2.51. The third-order valence-corrected chi connectivity index (χ3v) is 5.97. The first-order valence-electron chi connectivity index (χ1n) is 5.17. The first kappa shape index (κ1) is 14.8. The Labute approximate surface area is 112 Å². The first-order chi connectivity index (χ1) is 7.51. The van der Waals surface area contributed by atoms with Gasteiger partial charge in [-0.1, -0.05) is 0 Å². The Balaban J connectivity index is 0.00000144. The molecule has 1 saturated heterocycles. The summed E-state index contributed by atoms with van der Waals surface area (Å²) in [5.41, 5.74) is 0. The van der Waals surface area contributed by atoms with E-state index in [9.17, 15) is 8.42 Å². The highest BCUT2D eigenvalue weighted by Crippen LogP contribution is 2.24. The SMILES string of the molecule is Cc1ncc(S(=O)(=O)N2CCNC[C@@H]2C)s1.Cl. The average Bonchev–Trinajstić information content (AvgIpc) is 2.66. The van der Waals surface area contributed by atoms with Crippen molar-refractivity contribution < 1.29 is 8.42 Å². The minimum Gasteiger partial charge on any atom is -0.314 e. The molecule has 98 valence electrons. The molecule has 2 rings (SSSR count). The number of sulfonamides is 1. The quantitative estimate of drug-likeness (QED) is 0.879. The molecule has 0 amide bonds. The lowest BCUT2D eigenvalue weighted by atomic mass is 10.3. The zero-order valence-corrected chi connectivity index (χ0v) is 12.2. The third kappa shape index (κ3) is 2.97. The molecule has 0 unspecified atom stereocenters. The highest BCUT2D eigenvalue weighted by molar-refractivity contribution is 7.91. The molecule has 1 aromatic heterocycles. The molecule has 0 bridgehead atoms. The van der Waals surface area contributed by atoms with E-state index in [0.29, 0.717) is 23.8 Å². The van der Waals surface area contributed by atoms with E-state index in [2.05, 4.69) is 10.3 Å². The van der Waals surface area contributed by atoms with Crippen molar-refractivity contribution in [1.82, 2.24) is 14.6 Å². The monoisotopic (exact) mass is 297 g/mol. The van der Waals surface area contributed by atoms with E-state index < -0.39 is 10.0 Å². The molecular formula is C9H16ClN3O2S2. The summed E-state index contributed by atoms with van der Waals surface area (Å²) in [5, 5.41) is 3.95. The Hall–Kier alpha value is -0.210. The van der Waals surface area contributed by atoms with Gasteiger partial charge in [-0.2, -0.15) is 4.31 Å². The molecule has 1 aliphatic rings. The molecule has 0 radical (unpaired) electrons. The number of piperazine rings is 1. The molecule has 8 heteroatoms. The van der Waals surface area contributed by atoms with E-state index in [0.717, 1.165) is 5.01 Å². The number of aromatic nitrogens is 1. The molecule has 0 aromatic carbocycles. The van der Waals surface area contributed by atoms with Crippen LogP contribution in [-0.4, -0.2) is 43.4 Å². The van der Waals surface area contributed by atoms with Gasteiger partial charge < -0.3 is 5.32 Å². The van der Waals surface area contributed by atoms with Gasteiger partial charge in [-0.15, -0.1) is 23.7 Å². The van der Waals surface area contributed by atoms with Gasteiger partial charge in [0.15, 0.2) is 4.21 Å². The summed E-state index contributed by atoms with van der Waals surface area (Å²) < 4.78 is 26.5. The van der Waals surface area contributed by atoms with E-state index in [-0.39, 0.29) is 18.4 Å². The Bertz CT molecular complexity index is 474. The second-order valence-corrected chi connectivity index (χ2v) is 7.22. The fourth-order valence-corrected chi connectivity index (χ4v) is 4.63. The molecule has 1 aliphatic heterocycles. The van der Waals surface area contributed by atoms with Gasteiger partial charge in [0.25, 0.3) is 10.0 Å². The predicted molar refractivity (Wildman–Crippen MR) is 70.3 cm³/mol. The van der Waals surface area contributed by atoms with Gasteiger partial charge in [-0.25, -0.2) is 13.4 Å². The van der Waals surface area contributed by atoms with Crippen LogP contribution in [0.5, 0.6) is 0 Å². The van der Waals surface area contributed by atoms with E-state index in [1.807, 2.05) is 13.8 Å². The Kier molecular flexibility index (Phi) is 4.91. The topological polar surface area (TPSA) is 62.3 Å². The summed E-state index contributed by atoms with van der Waals surface area (Å²) in [7, 11) is -3.34. The van der Waals surface area contributed by atoms with Crippen LogP contribution in [0, 0.1) is 6.92 Å². The molecule has 0 aliphatic carbocycles. The highest BCUT2D eigenvalue weighted by atomic mass is 35.5. The van der Waals surface area contributed by atoms with Crippen molar-refractivity contribution in [3.63, 3.8) is 0 Å². The Morgan fingerprint density at radius 2 is 2.29 bits per heavy atom. The molecule has 1 atom stereocenters. The summed E-state index contributed by atoms with van der Waals surface area (Å²) in [6.45, 7) is 5.67. The number of aryl methyl sites for hydroxylation is 1. The zero-order chi connectivity index (χ0) is 11.8. The van der Waals surface area contributed by atoms with Crippen molar-refractivity contribution in [2.75, 3.05) is 19.6 Å². The number of halogens is 1.